The second kappa shape index (κ2) is 12.3. The molecule has 0 radical (unpaired) electrons. The third-order valence-corrected chi connectivity index (χ3v) is 4.06. The van der Waals surface area contributed by atoms with Gasteiger partial charge in [0.25, 0.3) is 11.8 Å². The highest BCUT2D eigenvalue weighted by atomic mass is 16.2. The van der Waals surface area contributed by atoms with Gasteiger partial charge in [0.05, 0.1) is 6.54 Å². The third-order valence-electron chi connectivity index (χ3n) is 4.06. The highest BCUT2D eigenvalue weighted by Gasteiger charge is 2.29. The van der Waals surface area contributed by atoms with Crippen LogP contribution >= 0.6 is 0 Å². The van der Waals surface area contributed by atoms with Crippen molar-refractivity contribution in [2.45, 2.75) is 32.7 Å². The predicted molar refractivity (Wildman–Crippen MR) is 105 cm³/mol. The number of hydrogen-bond acceptors (Lipinski definition) is 8. The second-order valence-electron chi connectivity index (χ2n) is 6.44. The first-order valence-corrected chi connectivity index (χ1v) is 9.40. The first-order chi connectivity index (χ1) is 14.2. The normalized spacial score (nSPS) is 10.4. The van der Waals surface area contributed by atoms with Gasteiger partial charge in [-0.05, 0) is 6.92 Å². The summed E-state index contributed by atoms with van der Waals surface area (Å²) >= 11 is 0. The van der Waals surface area contributed by atoms with E-state index in [4.69, 9.17) is 11.5 Å². The van der Waals surface area contributed by atoms with Gasteiger partial charge in [0, 0.05) is 52.5 Å². The molecule has 0 aliphatic carbocycles. The number of amides is 4. The van der Waals surface area contributed by atoms with Gasteiger partial charge in [-0.15, -0.1) is 5.10 Å². The second-order valence-corrected chi connectivity index (χ2v) is 6.44. The van der Waals surface area contributed by atoms with Gasteiger partial charge in [-0.25, -0.2) is 4.68 Å². The van der Waals surface area contributed by atoms with Crippen molar-refractivity contribution in [3.63, 3.8) is 0 Å². The van der Waals surface area contributed by atoms with Crippen LogP contribution in [0.3, 0.4) is 0 Å². The molecule has 6 N–H and O–H groups in total. The molecule has 0 unspecified atom stereocenters. The van der Waals surface area contributed by atoms with Crippen LogP contribution in [0.5, 0.6) is 0 Å². The summed E-state index contributed by atoms with van der Waals surface area (Å²) in [7, 11) is 1.46. The average Bonchev–Trinajstić information content (AvgIpc) is 3.10. The lowest BCUT2D eigenvalue weighted by atomic mass is 10.2. The molecule has 1 aromatic rings. The maximum Gasteiger partial charge on any atom is 0.274 e. The number of rotatable bonds is 13. The van der Waals surface area contributed by atoms with Crippen LogP contribution in [-0.4, -0.2) is 82.5 Å². The first kappa shape index (κ1) is 24.7. The molecule has 0 saturated carbocycles. The van der Waals surface area contributed by atoms with Crippen LogP contribution in [0.25, 0.3) is 0 Å². The Bertz CT molecular complexity index is 791. The largest absolute Gasteiger partial charge is 0.370 e. The van der Waals surface area contributed by atoms with Crippen LogP contribution in [0.4, 0.5) is 0 Å². The molecule has 0 saturated heterocycles. The lowest BCUT2D eigenvalue weighted by Gasteiger charge is -2.22. The van der Waals surface area contributed by atoms with Crippen LogP contribution < -0.4 is 22.1 Å². The van der Waals surface area contributed by atoms with Crippen molar-refractivity contribution in [1.29, 1.82) is 0 Å². The quantitative estimate of drug-likeness (QED) is 0.264. The van der Waals surface area contributed by atoms with Crippen molar-refractivity contribution in [1.82, 2.24) is 30.5 Å². The number of Topliss-reactive ketones (excluding diaryl/α,β-unsaturated/α-hetero) is 1. The van der Waals surface area contributed by atoms with Gasteiger partial charge < -0.3 is 27.0 Å². The number of carbonyl (C=O) groups is 5. The zero-order valence-electron chi connectivity index (χ0n) is 17.1. The van der Waals surface area contributed by atoms with Gasteiger partial charge in [0.1, 0.15) is 5.78 Å². The van der Waals surface area contributed by atoms with Gasteiger partial charge in [0.15, 0.2) is 11.4 Å². The maximum absolute atomic E-state index is 13.2. The topological polar surface area (TPSA) is 195 Å². The number of aromatic nitrogens is 3. The summed E-state index contributed by atoms with van der Waals surface area (Å²) in [5, 5.41) is 12.6. The zero-order chi connectivity index (χ0) is 22.7. The fraction of sp³-hybridized carbons (Fsp3) is 0.588. The minimum atomic E-state index is -0.677. The Morgan fingerprint density at radius 1 is 1.10 bits per heavy atom. The van der Waals surface area contributed by atoms with Crippen molar-refractivity contribution in [2.24, 2.45) is 11.5 Å². The van der Waals surface area contributed by atoms with Crippen LogP contribution in [-0.2, 0) is 20.9 Å². The number of nitrogens with two attached hydrogens (primary N) is 2. The molecular weight excluding hydrogens is 396 g/mol. The van der Waals surface area contributed by atoms with Gasteiger partial charge in [-0.3, -0.25) is 24.0 Å². The number of nitrogens with zero attached hydrogens (tertiary/aromatic N) is 4. The van der Waals surface area contributed by atoms with Crippen molar-refractivity contribution in [3.8, 4) is 0 Å². The molecule has 1 aromatic heterocycles. The Morgan fingerprint density at radius 2 is 1.77 bits per heavy atom. The molecule has 166 valence electrons. The van der Waals surface area contributed by atoms with E-state index in [0.717, 1.165) is 0 Å². The van der Waals surface area contributed by atoms with E-state index in [0.29, 0.717) is 0 Å². The van der Waals surface area contributed by atoms with Crippen LogP contribution in [0.2, 0.25) is 0 Å². The van der Waals surface area contributed by atoms with Crippen molar-refractivity contribution in [2.75, 3.05) is 33.2 Å². The lowest BCUT2D eigenvalue weighted by molar-refractivity contribution is -0.121. The van der Waals surface area contributed by atoms with Crippen LogP contribution in [0, 0.1) is 0 Å². The third kappa shape index (κ3) is 7.58. The maximum atomic E-state index is 13.2. The number of carbonyl (C=O) groups excluding carboxylic acids is 5. The molecule has 0 aliphatic heterocycles. The summed E-state index contributed by atoms with van der Waals surface area (Å²) in [5.74, 6) is -2.35. The number of primary amides is 1. The highest BCUT2D eigenvalue weighted by molar-refractivity contribution is 6.05. The van der Waals surface area contributed by atoms with E-state index in [2.05, 4.69) is 20.9 Å². The number of nitrogens with one attached hydrogen (secondary N) is 2. The standard InChI is InChI=1S/C17H28N8O5/c1-11(26)3-7-21-16(29)14-15(25(10-6-18)23-22-14)17(30)24(8-4-12(19)27)9-5-13(28)20-2/h3-10,18H2,1-2H3,(H2,19,27)(H,20,28)(H,21,29). The molecule has 30 heavy (non-hydrogen) atoms. The molecular formula is C17H28N8O5. The summed E-state index contributed by atoms with van der Waals surface area (Å²) in [6, 6.07) is 0. The minimum absolute atomic E-state index is 0.00894. The molecule has 0 fully saturated rings. The van der Waals surface area contributed by atoms with Gasteiger partial charge >= 0.3 is 0 Å². The monoisotopic (exact) mass is 424 g/mol. The van der Waals surface area contributed by atoms with E-state index in [-0.39, 0.29) is 75.1 Å². The summed E-state index contributed by atoms with van der Waals surface area (Å²) < 4.78 is 1.19. The molecule has 4 amide bonds. The number of ketones is 1. The van der Waals surface area contributed by atoms with E-state index in [1.807, 2.05) is 0 Å². The molecule has 0 aliphatic rings. The smallest absolute Gasteiger partial charge is 0.274 e. The van der Waals surface area contributed by atoms with Crippen molar-refractivity contribution in [3.05, 3.63) is 11.4 Å². The summed E-state index contributed by atoms with van der Waals surface area (Å²) in [5.41, 5.74) is 10.4. The zero-order valence-corrected chi connectivity index (χ0v) is 17.1. The van der Waals surface area contributed by atoms with E-state index in [1.54, 1.807) is 0 Å². The van der Waals surface area contributed by atoms with Crippen LogP contribution in [0.1, 0.15) is 47.2 Å². The van der Waals surface area contributed by atoms with Gasteiger partial charge in [-0.2, -0.15) is 0 Å². The van der Waals surface area contributed by atoms with Gasteiger partial charge in [-0.1, -0.05) is 5.21 Å². The van der Waals surface area contributed by atoms with E-state index in [9.17, 15) is 24.0 Å². The highest BCUT2D eigenvalue weighted by Crippen LogP contribution is 2.11. The van der Waals surface area contributed by atoms with E-state index in [1.165, 1.54) is 23.6 Å². The average molecular weight is 424 g/mol. The molecule has 1 heterocycles. The molecule has 0 atom stereocenters. The molecule has 13 heteroatoms. The fourth-order valence-electron chi connectivity index (χ4n) is 2.46. The SMILES string of the molecule is CNC(=O)CCN(CCC(N)=O)C(=O)c1c(C(=O)NCCC(C)=O)nnn1CCN. The Morgan fingerprint density at radius 3 is 2.33 bits per heavy atom. The Hall–Kier alpha value is -3.35. The fourth-order valence-corrected chi connectivity index (χ4v) is 2.46. The summed E-state index contributed by atoms with van der Waals surface area (Å²) in [6.45, 7) is 1.66. The Labute approximate surface area is 173 Å². The van der Waals surface area contributed by atoms with Gasteiger partial charge in [0.2, 0.25) is 11.8 Å². The number of hydrogen-bond donors (Lipinski definition) is 4. The Kier molecular flexibility index (Phi) is 10.1. The predicted octanol–water partition coefficient (Wildman–Crippen LogP) is -2.60. The Balaban J connectivity index is 3.16. The van der Waals surface area contributed by atoms with E-state index >= 15 is 0 Å². The molecule has 0 spiro atoms. The summed E-state index contributed by atoms with van der Waals surface area (Å²) in [4.78, 5) is 60.8. The molecule has 1 rings (SSSR count). The molecule has 0 bridgehead atoms. The lowest BCUT2D eigenvalue weighted by Crippen LogP contribution is -2.39. The first-order valence-electron chi connectivity index (χ1n) is 9.40. The summed E-state index contributed by atoms with van der Waals surface area (Å²) in [6.07, 6.45) is -0.0134. The molecule has 0 aromatic carbocycles. The minimum Gasteiger partial charge on any atom is -0.370 e. The van der Waals surface area contributed by atoms with E-state index < -0.39 is 17.7 Å². The molecule has 13 nitrogen and oxygen atoms in total. The van der Waals surface area contributed by atoms with Crippen molar-refractivity contribution < 1.29 is 24.0 Å². The van der Waals surface area contributed by atoms with Crippen molar-refractivity contribution >= 4 is 29.4 Å². The van der Waals surface area contributed by atoms with Crippen LogP contribution in [0.15, 0.2) is 0 Å².